The summed E-state index contributed by atoms with van der Waals surface area (Å²) in [7, 11) is -4.76. The fraction of sp³-hybridized carbons (Fsp3) is 0.766. The lowest BCUT2D eigenvalue weighted by atomic mass is 10.0. The quantitative estimate of drug-likeness (QED) is 0.0197. The molecule has 0 saturated carbocycles. The molecule has 0 aromatic rings. The standard InChI is InChI=1S/C64H113O11P/c1-4-7-10-13-16-19-22-25-27-29-30-32-34-37-40-43-46-49-52-55-64(68)75-61(57-71-62(66)53-50-47-44-41-38-36-33-31-28-26-23-20-17-14-11-8-5-2)59-73-76(69,70)72-58-60(56-65)74-63(67)54-51-48-45-42-39-35-24-21-18-15-12-9-6-3/h8,11,16-17,19-20,25-28,30,32,60-61,65H,4-7,9-10,12-15,18,21-24,29,31,33-59H2,1-3H3,(H,69,70)/b11-8-,19-16-,20-17-,27-25-,28-26-,32-30-. The van der Waals surface area contributed by atoms with Gasteiger partial charge in [-0.25, -0.2) is 4.57 Å². The van der Waals surface area contributed by atoms with Gasteiger partial charge in [-0.2, -0.15) is 0 Å². The predicted molar refractivity (Wildman–Crippen MR) is 316 cm³/mol. The maximum absolute atomic E-state index is 12.9. The van der Waals surface area contributed by atoms with Gasteiger partial charge in [0.25, 0.3) is 0 Å². The summed E-state index contributed by atoms with van der Waals surface area (Å²) >= 11 is 0. The highest BCUT2D eigenvalue weighted by atomic mass is 31.2. The van der Waals surface area contributed by atoms with Gasteiger partial charge in [0.05, 0.1) is 19.8 Å². The van der Waals surface area contributed by atoms with Crippen molar-refractivity contribution in [2.45, 2.75) is 290 Å². The van der Waals surface area contributed by atoms with Gasteiger partial charge in [-0.3, -0.25) is 23.4 Å². The number of phosphoric ester groups is 1. The summed E-state index contributed by atoms with van der Waals surface area (Å²) in [5.41, 5.74) is 0. The third-order valence-corrected chi connectivity index (χ3v) is 14.1. The molecule has 440 valence electrons. The smallest absolute Gasteiger partial charge is 0.462 e. The van der Waals surface area contributed by atoms with E-state index in [0.717, 1.165) is 122 Å². The number of allylic oxidation sites excluding steroid dienone is 12. The second kappa shape index (κ2) is 58.1. The van der Waals surface area contributed by atoms with E-state index in [1.54, 1.807) is 0 Å². The van der Waals surface area contributed by atoms with Gasteiger partial charge in [-0.1, -0.05) is 241 Å². The number of unbranched alkanes of at least 4 members (excludes halogenated alkanes) is 28. The normalized spacial score (nSPS) is 13.8. The van der Waals surface area contributed by atoms with E-state index in [4.69, 9.17) is 23.3 Å². The first-order valence-corrected chi connectivity index (χ1v) is 32.3. The molecule has 0 fully saturated rings. The highest BCUT2D eigenvalue weighted by Crippen LogP contribution is 2.43. The predicted octanol–water partition coefficient (Wildman–Crippen LogP) is 18.5. The summed E-state index contributed by atoms with van der Waals surface area (Å²) in [5, 5.41) is 9.83. The van der Waals surface area contributed by atoms with E-state index < -0.39 is 57.8 Å². The molecule has 0 aromatic heterocycles. The van der Waals surface area contributed by atoms with Crippen LogP contribution in [0.15, 0.2) is 72.9 Å². The van der Waals surface area contributed by atoms with Crippen molar-refractivity contribution in [3.8, 4) is 0 Å². The Morgan fingerprint density at radius 1 is 0.382 bits per heavy atom. The van der Waals surface area contributed by atoms with Gasteiger partial charge in [0.15, 0.2) is 6.10 Å². The molecule has 3 unspecified atom stereocenters. The van der Waals surface area contributed by atoms with Crippen LogP contribution in [-0.2, 0) is 42.2 Å². The van der Waals surface area contributed by atoms with Crippen molar-refractivity contribution in [3.63, 3.8) is 0 Å². The number of ether oxygens (including phenoxy) is 3. The van der Waals surface area contributed by atoms with Gasteiger partial charge >= 0.3 is 25.7 Å². The third-order valence-electron chi connectivity index (χ3n) is 13.1. The van der Waals surface area contributed by atoms with Gasteiger partial charge in [0.1, 0.15) is 12.7 Å². The van der Waals surface area contributed by atoms with Crippen LogP contribution in [0.1, 0.15) is 278 Å². The summed E-state index contributed by atoms with van der Waals surface area (Å²) in [6.45, 7) is 4.51. The Balaban J connectivity index is 4.75. The molecule has 0 radical (unpaired) electrons. The molecule has 11 nitrogen and oxygen atoms in total. The number of hydrogen-bond acceptors (Lipinski definition) is 10. The van der Waals surface area contributed by atoms with Crippen LogP contribution in [0, 0.1) is 0 Å². The van der Waals surface area contributed by atoms with Crippen molar-refractivity contribution >= 4 is 25.7 Å². The molecule has 12 heteroatoms. The molecular weight excluding hydrogens is 976 g/mol. The molecule has 0 aliphatic rings. The number of rotatable bonds is 57. The van der Waals surface area contributed by atoms with Crippen molar-refractivity contribution in [2.24, 2.45) is 0 Å². The van der Waals surface area contributed by atoms with E-state index in [1.165, 1.54) is 96.3 Å². The maximum atomic E-state index is 12.9. The van der Waals surface area contributed by atoms with Crippen LogP contribution < -0.4 is 0 Å². The number of aliphatic hydroxyl groups is 1. The summed E-state index contributed by atoms with van der Waals surface area (Å²) in [6, 6.07) is 0. The van der Waals surface area contributed by atoms with E-state index in [1.807, 2.05) is 0 Å². The van der Waals surface area contributed by atoms with Crippen LogP contribution in [0.4, 0.5) is 0 Å². The fourth-order valence-corrected chi connectivity index (χ4v) is 9.22. The Morgan fingerprint density at radius 3 is 1.08 bits per heavy atom. The molecule has 0 heterocycles. The Labute approximate surface area is 465 Å². The zero-order valence-electron chi connectivity index (χ0n) is 48.7. The average molecular weight is 1090 g/mol. The minimum Gasteiger partial charge on any atom is -0.462 e. The van der Waals surface area contributed by atoms with Crippen LogP contribution in [0.25, 0.3) is 0 Å². The highest BCUT2D eigenvalue weighted by Gasteiger charge is 2.28. The molecule has 0 rings (SSSR count). The number of hydrogen-bond donors (Lipinski definition) is 2. The van der Waals surface area contributed by atoms with Crippen LogP contribution >= 0.6 is 7.82 Å². The van der Waals surface area contributed by atoms with Gasteiger partial charge in [-0.05, 0) is 89.9 Å². The molecule has 0 aromatic carbocycles. The largest absolute Gasteiger partial charge is 0.472 e. The second-order valence-electron chi connectivity index (χ2n) is 20.5. The number of esters is 3. The fourth-order valence-electron chi connectivity index (χ4n) is 8.44. The Bertz CT molecular complexity index is 1550. The average Bonchev–Trinajstić information content (AvgIpc) is 3.41. The maximum Gasteiger partial charge on any atom is 0.472 e. The number of carbonyl (C=O) groups excluding carboxylic acids is 3. The monoisotopic (exact) mass is 1090 g/mol. The number of aliphatic hydroxyl groups excluding tert-OH is 1. The Hall–Kier alpha value is -3.08. The van der Waals surface area contributed by atoms with Crippen molar-refractivity contribution in [3.05, 3.63) is 72.9 Å². The summed E-state index contributed by atoms with van der Waals surface area (Å²) in [6.07, 6.45) is 65.6. The van der Waals surface area contributed by atoms with Gasteiger partial charge in [-0.15, -0.1) is 0 Å². The molecule has 0 saturated heterocycles. The molecule has 2 N–H and O–H groups in total. The lowest BCUT2D eigenvalue weighted by Gasteiger charge is -2.21. The SMILES string of the molecule is CC/C=C\C/C=C\C/C=C\CCCCCCCCCC(=O)OCC(COP(=O)(O)OCC(CO)OC(=O)CCCCCCCCCCCCCCC)OC(=O)CCCCCCCC/C=C\C/C=C\C/C=C\CCCCC. The van der Waals surface area contributed by atoms with Crippen LogP contribution in [-0.4, -0.2) is 66.5 Å². The zero-order chi connectivity index (χ0) is 55.5. The molecule has 0 spiro atoms. The molecular formula is C64H113O11P. The molecule has 0 aliphatic heterocycles. The molecule has 76 heavy (non-hydrogen) atoms. The number of phosphoric acid groups is 1. The van der Waals surface area contributed by atoms with Crippen molar-refractivity contribution in [2.75, 3.05) is 26.4 Å². The van der Waals surface area contributed by atoms with E-state index in [2.05, 4.69) is 93.7 Å². The molecule has 0 amide bonds. The van der Waals surface area contributed by atoms with E-state index in [0.29, 0.717) is 19.3 Å². The first kappa shape index (κ1) is 72.9. The molecule has 0 aliphatic carbocycles. The van der Waals surface area contributed by atoms with Crippen molar-refractivity contribution in [1.29, 1.82) is 0 Å². The van der Waals surface area contributed by atoms with E-state index >= 15 is 0 Å². The van der Waals surface area contributed by atoms with Crippen molar-refractivity contribution in [1.82, 2.24) is 0 Å². The van der Waals surface area contributed by atoms with E-state index in [9.17, 15) is 28.9 Å². The Morgan fingerprint density at radius 2 is 0.684 bits per heavy atom. The zero-order valence-corrected chi connectivity index (χ0v) is 49.6. The summed E-state index contributed by atoms with van der Waals surface area (Å²) in [5.74, 6) is -1.48. The minimum absolute atomic E-state index is 0.150. The topological polar surface area (TPSA) is 155 Å². The van der Waals surface area contributed by atoms with Gasteiger partial charge < -0.3 is 24.2 Å². The summed E-state index contributed by atoms with van der Waals surface area (Å²) < 4.78 is 39.6. The number of carbonyl (C=O) groups is 3. The molecule has 0 bridgehead atoms. The third kappa shape index (κ3) is 55.7. The molecule has 3 atom stereocenters. The Kier molecular flexibility index (Phi) is 55.7. The van der Waals surface area contributed by atoms with Gasteiger partial charge in [0, 0.05) is 19.3 Å². The second-order valence-corrected chi connectivity index (χ2v) is 21.9. The van der Waals surface area contributed by atoms with Crippen molar-refractivity contribution < 1.29 is 52.2 Å². The van der Waals surface area contributed by atoms with Gasteiger partial charge in [0.2, 0.25) is 0 Å². The highest BCUT2D eigenvalue weighted by molar-refractivity contribution is 7.47. The first-order valence-electron chi connectivity index (χ1n) is 30.8. The first-order chi connectivity index (χ1) is 37.2. The van der Waals surface area contributed by atoms with E-state index in [-0.39, 0.29) is 25.9 Å². The lowest BCUT2D eigenvalue weighted by molar-refractivity contribution is -0.161. The minimum atomic E-state index is -4.76. The van der Waals surface area contributed by atoms with Crippen LogP contribution in [0.3, 0.4) is 0 Å². The van der Waals surface area contributed by atoms with Crippen LogP contribution in [0.5, 0.6) is 0 Å². The van der Waals surface area contributed by atoms with Crippen LogP contribution in [0.2, 0.25) is 0 Å². The lowest BCUT2D eigenvalue weighted by Crippen LogP contribution is -2.30. The summed E-state index contributed by atoms with van der Waals surface area (Å²) in [4.78, 5) is 48.7.